The van der Waals surface area contributed by atoms with E-state index in [0.717, 1.165) is 33.4 Å². The van der Waals surface area contributed by atoms with Crippen LogP contribution in [-0.4, -0.2) is 29.0 Å². The van der Waals surface area contributed by atoms with Gasteiger partial charge in [0.05, 0.1) is 18.3 Å². The second kappa shape index (κ2) is 8.08. The minimum absolute atomic E-state index is 0.199. The second-order valence-electron chi connectivity index (χ2n) is 7.27. The molecule has 2 aromatic heterocycles. The Balaban J connectivity index is 1.82. The van der Waals surface area contributed by atoms with E-state index in [2.05, 4.69) is 10.1 Å². The third-order valence-corrected chi connectivity index (χ3v) is 5.35. The topological polar surface area (TPSA) is 77.9 Å². The van der Waals surface area contributed by atoms with Gasteiger partial charge in [0.2, 0.25) is 0 Å². The van der Waals surface area contributed by atoms with Crippen molar-refractivity contribution in [2.45, 2.75) is 25.1 Å². The van der Waals surface area contributed by atoms with Gasteiger partial charge in [-0.1, -0.05) is 6.07 Å². The van der Waals surface area contributed by atoms with E-state index in [9.17, 15) is 27.5 Å². The highest BCUT2D eigenvalue weighted by atomic mass is 19.1. The zero-order valence-corrected chi connectivity index (χ0v) is 16.7. The van der Waals surface area contributed by atoms with E-state index < -0.39 is 40.6 Å². The third kappa shape index (κ3) is 3.71. The molecule has 4 aromatic rings. The van der Waals surface area contributed by atoms with E-state index in [1.165, 1.54) is 36.7 Å². The van der Waals surface area contributed by atoms with Gasteiger partial charge in [-0.2, -0.15) is 5.10 Å². The summed E-state index contributed by atoms with van der Waals surface area (Å²) in [5.74, 6) is -3.62. The number of hydrogen-bond donors (Lipinski definition) is 1. The van der Waals surface area contributed by atoms with Crippen LogP contribution in [0.4, 0.5) is 17.6 Å². The third-order valence-electron chi connectivity index (χ3n) is 5.35. The molecule has 0 saturated heterocycles. The Morgan fingerprint density at radius 1 is 1.03 bits per heavy atom. The summed E-state index contributed by atoms with van der Waals surface area (Å²) in [6, 6.07) is 4.30. The average Bonchev–Trinajstić information content (AvgIpc) is 3.37. The van der Waals surface area contributed by atoms with E-state index in [4.69, 9.17) is 0 Å². The summed E-state index contributed by atoms with van der Waals surface area (Å²) in [5, 5.41) is 15.5. The minimum atomic E-state index is -2.08. The molecule has 0 bridgehead atoms. The predicted molar refractivity (Wildman–Crippen MR) is 105 cm³/mol. The maximum absolute atomic E-state index is 14.7. The quantitative estimate of drug-likeness (QED) is 0.461. The number of halogens is 4. The average molecular weight is 447 g/mol. The Labute approximate surface area is 178 Å². The van der Waals surface area contributed by atoms with Gasteiger partial charge in [-0.25, -0.2) is 32.0 Å². The molecule has 0 unspecified atom stereocenters. The Bertz CT molecular complexity index is 1320. The lowest BCUT2D eigenvalue weighted by Gasteiger charge is -2.35. The van der Waals surface area contributed by atoms with E-state index in [-0.39, 0.29) is 17.8 Å². The Hall–Kier alpha value is -3.73. The fourth-order valence-electron chi connectivity index (χ4n) is 3.62. The number of hydrogen-bond acceptors (Lipinski definition) is 4. The molecule has 2 heterocycles. The number of aromatic nitrogens is 5. The number of nitrogens with zero attached hydrogens (tertiary/aromatic N) is 5. The number of imidazole rings is 1. The first kappa shape index (κ1) is 21.5. The first-order chi connectivity index (χ1) is 15.2. The van der Waals surface area contributed by atoms with Crippen molar-refractivity contribution in [1.29, 1.82) is 0 Å². The first-order valence-corrected chi connectivity index (χ1v) is 9.46. The smallest absolute Gasteiger partial charge is 0.333 e. The van der Waals surface area contributed by atoms with Crippen LogP contribution in [-0.2, 0) is 12.1 Å². The van der Waals surface area contributed by atoms with Gasteiger partial charge >= 0.3 is 5.69 Å². The van der Waals surface area contributed by atoms with Crippen LogP contribution in [0.5, 0.6) is 0 Å². The van der Waals surface area contributed by atoms with E-state index in [1.54, 1.807) is 0 Å². The van der Waals surface area contributed by atoms with Crippen molar-refractivity contribution in [2.24, 2.45) is 0 Å². The summed E-state index contributed by atoms with van der Waals surface area (Å²) in [5.41, 5.74) is -3.31. The van der Waals surface area contributed by atoms with Gasteiger partial charge in [0.25, 0.3) is 0 Å². The molecule has 0 aliphatic rings. The van der Waals surface area contributed by atoms with Gasteiger partial charge in [0, 0.05) is 30.1 Å². The Morgan fingerprint density at radius 3 is 2.34 bits per heavy atom. The molecule has 0 radical (unpaired) electrons. The van der Waals surface area contributed by atoms with Crippen molar-refractivity contribution in [2.75, 3.05) is 0 Å². The molecule has 0 spiro atoms. The molecule has 1 N–H and O–H groups in total. The highest BCUT2D eigenvalue weighted by molar-refractivity contribution is 5.34. The first-order valence-electron chi connectivity index (χ1n) is 9.46. The molecular weight excluding hydrogens is 430 g/mol. The maximum atomic E-state index is 14.7. The van der Waals surface area contributed by atoms with Crippen LogP contribution in [0.25, 0.3) is 5.69 Å². The molecule has 7 nitrogen and oxygen atoms in total. The molecule has 2 atom stereocenters. The zero-order chi connectivity index (χ0) is 23.0. The summed E-state index contributed by atoms with van der Waals surface area (Å²) in [6.07, 6.45) is 5.03. The molecule has 0 aliphatic carbocycles. The van der Waals surface area contributed by atoms with Crippen LogP contribution >= 0.6 is 0 Å². The minimum Gasteiger partial charge on any atom is -0.381 e. The molecule has 0 aliphatic heterocycles. The van der Waals surface area contributed by atoms with Crippen molar-refractivity contribution in [3.05, 3.63) is 101 Å². The Kier molecular flexibility index (Phi) is 5.43. The van der Waals surface area contributed by atoms with Gasteiger partial charge in [0.1, 0.15) is 41.5 Å². The molecule has 4 rings (SSSR count). The van der Waals surface area contributed by atoms with E-state index in [1.807, 2.05) is 0 Å². The Morgan fingerprint density at radius 2 is 1.72 bits per heavy atom. The lowest BCUT2D eigenvalue weighted by atomic mass is 9.86. The van der Waals surface area contributed by atoms with Gasteiger partial charge in [-0.05, 0) is 25.1 Å². The molecule has 2 aromatic carbocycles. The van der Waals surface area contributed by atoms with Crippen molar-refractivity contribution in [1.82, 2.24) is 23.9 Å². The van der Waals surface area contributed by atoms with Crippen molar-refractivity contribution in [3.63, 3.8) is 0 Å². The van der Waals surface area contributed by atoms with Crippen molar-refractivity contribution in [3.8, 4) is 5.69 Å². The normalized spacial score (nSPS) is 14.3. The lowest BCUT2D eigenvalue weighted by Crippen LogP contribution is -2.43. The highest BCUT2D eigenvalue weighted by Gasteiger charge is 2.41. The molecule has 0 saturated carbocycles. The van der Waals surface area contributed by atoms with Crippen LogP contribution in [0, 0.1) is 23.3 Å². The summed E-state index contributed by atoms with van der Waals surface area (Å²) < 4.78 is 58.9. The second-order valence-corrected chi connectivity index (χ2v) is 7.27. The largest absolute Gasteiger partial charge is 0.381 e. The maximum Gasteiger partial charge on any atom is 0.333 e. The molecule has 166 valence electrons. The van der Waals surface area contributed by atoms with E-state index in [0.29, 0.717) is 12.1 Å². The van der Waals surface area contributed by atoms with Crippen LogP contribution < -0.4 is 5.69 Å². The van der Waals surface area contributed by atoms with Crippen molar-refractivity contribution >= 4 is 0 Å². The van der Waals surface area contributed by atoms with Gasteiger partial charge in [-0.15, -0.1) is 0 Å². The molecule has 11 heteroatoms. The lowest BCUT2D eigenvalue weighted by molar-refractivity contribution is -0.0342. The summed E-state index contributed by atoms with van der Waals surface area (Å²) in [4.78, 5) is 16.8. The summed E-state index contributed by atoms with van der Waals surface area (Å²) >= 11 is 0. The monoisotopic (exact) mass is 447 g/mol. The van der Waals surface area contributed by atoms with Gasteiger partial charge in [-0.3, -0.25) is 9.13 Å². The van der Waals surface area contributed by atoms with Crippen molar-refractivity contribution < 1.29 is 22.7 Å². The van der Waals surface area contributed by atoms with Gasteiger partial charge in [0.15, 0.2) is 0 Å². The molecule has 0 fully saturated rings. The highest BCUT2D eigenvalue weighted by Crippen LogP contribution is 2.36. The zero-order valence-electron chi connectivity index (χ0n) is 16.7. The summed E-state index contributed by atoms with van der Waals surface area (Å²) in [6.45, 7) is 1.13. The van der Waals surface area contributed by atoms with E-state index >= 15 is 0 Å². The van der Waals surface area contributed by atoms with Crippen LogP contribution in [0.3, 0.4) is 0 Å². The fourth-order valence-corrected chi connectivity index (χ4v) is 3.62. The number of benzene rings is 2. The van der Waals surface area contributed by atoms with Crippen LogP contribution in [0.1, 0.15) is 18.5 Å². The fraction of sp³-hybridized carbons (Fsp3) is 0.190. The van der Waals surface area contributed by atoms with Crippen LogP contribution in [0.15, 0.2) is 66.2 Å². The van der Waals surface area contributed by atoms with Crippen LogP contribution in [0.2, 0.25) is 0 Å². The molecular formula is C21H17F4N5O2. The molecule has 32 heavy (non-hydrogen) atoms. The molecule has 0 amide bonds. The number of rotatable bonds is 6. The predicted octanol–water partition coefficient (Wildman–Crippen LogP) is 2.94. The SMILES string of the molecule is C[C@@H](n1ccn(-c2ccc(F)cc2F)c1=O)[C@](O)(Cn1cncn1)c1ccc(F)cc1F. The number of aliphatic hydroxyl groups is 1. The summed E-state index contributed by atoms with van der Waals surface area (Å²) in [7, 11) is 0. The van der Waals surface area contributed by atoms with Gasteiger partial charge < -0.3 is 5.11 Å². The standard InChI is InChI=1S/C21H17F4N5O2/c1-13(29-6-7-30(20(29)31)19-5-3-15(23)9-18(19)25)21(32,10-28-12-26-11-27-28)16-4-2-14(22)8-17(16)24/h2-9,11-13,32H,10H2,1H3/t13-,21-/m1/s1.